The highest BCUT2D eigenvalue weighted by Gasteiger charge is 2.10. The maximum absolute atomic E-state index is 5.91. The first-order valence-electron chi connectivity index (χ1n) is 5.77. The van der Waals surface area contributed by atoms with Crippen LogP contribution < -0.4 is 5.73 Å². The van der Waals surface area contributed by atoms with Gasteiger partial charge in [0.15, 0.2) is 0 Å². The van der Waals surface area contributed by atoms with E-state index in [1.807, 2.05) is 13.0 Å². The summed E-state index contributed by atoms with van der Waals surface area (Å²) < 4.78 is 0. The Bertz CT molecular complexity index is 529. The average Bonchev–Trinajstić information content (AvgIpc) is 2.37. The van der Waals surface area contributed by atoms with Crippen molar-refractivity contribution in [3.05, 3.63) is 30.0 Å². The third-order valence-electron chi connectivity index (χ3n) is 2.41. The Morgan fingerprint density at radius 2 is 2.17 bits per heavy atom. The summed E-state index contributed by atoms with van der Waals surface area (Å²) in [5.74, 6) is 1.34. The van der Waals surface area contributed by atoms with Gasteiger partial charge in [0.2, 0.25) is 0 Å². The first-order valence-corrected chi connectivity index (χ1v) is 6.59. The molecule has 0 atom stereocenters. The minimum atomic E-state index is 0.546. The number of nitrogens with zero attached hydrogens (tertiary/aromatic N) is 4. The Kier molecular flexibility index (Phi) is 4.09. The minimum Gasteiger partial charge on any atom is -0.383 e. The average molecular weight is 261 g/mol. The van der Waals surface area contributed by atoms with Gasteiger partial charge in [0.25, 0.3) is 0 Å². The predicted molar refractivity (Wildman–Crippen MR) is 71.3 cm³/mol. The Balaban J connectivity index is 2.31. The van der Waals surface area contributed by atoms with Gasteiger partial charge in [0.1, 0.15) is 28.0 Å². The number of nitrogen functional groups attached to an aromatic ring is 1. The predicted octanol–water partition coefficient (Wildman–Crippen LogP) is 2.26. The zero-order valence-electron chi connectivity index (χ0n) is 10.4. The second kappa shape index (κ2) is 5.77. The number of hydrogen-bond acceptors (Lipinski definition) is 6. The molecule has 94 valence electrons. The summed E-state index contributed by atoms with van der Waals surface area (Å²) in [5.41, 5.74) is 6.81. The second-order valence-electron chi connectivity index (χ2n) is 3.85. The molecule has 0 aliphatic rings. The Hall–Kier alpha value is -1.69. The number of aromatic nitrogens is 4. The molecule has 0 spiro atoms. The Morgan fingerprint density at radius 1 is 1.33 bits per heavy atom. The van der Waals surface area contributed by atoms with E-state index in [2.05, 4.69) is 26.9 Å². The molecule has 0 bridgehead atoms. The molecule has 0 aliphatic heterocycles. The van der Waals surface area contributed by atoms with Crippen LogP contribution in [0.1, 0.15) is 24.7 Å². The van der Waals surface area contributed by atoms with Gasteiger partial charge in [-0.3, -0.25) is 0 Å². The zero-order chi connectivity index (χ0) is 13.0. The molecule has 0 saturated carbocycles. The van der Waals surface area contributed by atoms with Crippen LogP contribution in [-0.4, -0.2) is 19.9 Å². The first kappa shape index (κ1) is 12.8. The monoisotopic (exact) mass is 261 g/mol. The Morgan fingerprint density at radius 3 is 2.83 bits per heavy atom. The van der Waals surface area contributed by atoms with E-state index in [-0.39, 0.29) is 0 Å². The van der Waals surface area contributed by atoms with Crippen molar-refractivity contribution in [1.29, 1.82) is 0 Å². The fourth-order valence-electron chi connectivity index (χ4n) is 1.43. The lowest BCUT2D eigenvalue weighted by molar-refractivity contribution is 0.805. The lowest BCUT2D eigenvalue weighted by Gasteiger charge is -2.08. The molecule has 18 heavy (non-hydrogen) atoms. The van der Waals surface area contributed by atoms with Gasteiger partial charge in [-0.05, 0) is 31.2 Å². The van der Waals surface area contributed by atoms with E-state index in [9.17, 15) is 0 Å². The molecular weight excluding hydrogens is 246 g/mol. The summed E-state index contributed by atoms with van der Waals surface area (Å²) >= 11 is 1.49. The summed E-state index contributed by atoms with van der Waals surface area (Å²) in [6.45, 7) is 4.02. The molecule has 0 saturated heterocycles. The minimum absolute atomic E-state index is 0.546. The highest BCUT2D eigenvalue weighted by atomic mass is 32.2. The first-order chi connectivity index (χ1) is 8.70. The third-order valence-corrected chi connectivity index (χ3v) is 3.46. The fraction of sp³-hybridized carbons (Fsp3) is 0.333. The topological polar surface area (TPSA) is 77.6 Å². The second-order valence-corrected chi connectivity index (χ2v) is 4.86. The van der Waals surface area contributed by atoms with Gasteiger partial charge < -0.3 is 5.73 Å². The van der Waals surface area contributed by atoms with E-state index in [4.69, 9.17) is 5.73 Å². The number of rotatable bonds is 4. The van der Waals surface area contributed by atoms with E-state index < -0.39 is 0 Å². The quantitative estimate of drug-likeness (QED) is 0.851. The number of hydrogen-bond donors (Lipinski definition) is 1. The summed E-state index contributed by atoms with van der Waals surface area (Å²) in [5, 5.41) is 1.72. The molecule has 0 amide bonds. The van der Waals surface area contributed by atoms with Gasteiger partial charge in [-0.1, -0.05) is 6.92 Å². The van der Waals surface area contributed by atoms with Crippen LogP contribution in [0.4, 0.5) is 5.82 Å². The van der Waals surface area contributed by atoms with Crippen molar-refractivity contribution >= 4 is 17.6 Å². The standard InChI is InChI=1S/C12H15N5S/c1-3-4-9-16-11(13)8(2)12(17-9)18-10-5-6-14-7-15-10/h5-7H,3-4H2,1-2H3,(H2,13,16,17). The molecule has 2 aromatic rings. The van der Waals surface area contributed by atoms with Crippen molar-refractivity contribution in [2.24, 2.45) is 0 Å². The molecular formula is C12H15N5S. The van der Waals surface area contributed by atoms with Crippen LogP contribution in [0.25, 0.3) is 0 Å². The van der Waals surface area contributed by atoms with Crippen LogP contribution >= 0.6 is 11.8 Å². The molecule has 5 nitrogen and oxygen atoms in total. The molecule has 0 fully saturated rings. The molecule has 2 rings (SSSR count). The zero-order valence-corrected chi connectivity index (χ0v) is 11.2. The van der Waals surface area contributed by atoms with Gasteiger partial charge in [0, 0.05) is 18.2 Å². The lowest BCUT2D eigenvalue weighted by atomic mass is 10.3. The van der Waals surface area contributed by atoms with Crippen LogP contribution in [0.3, 0.4) is 0 Å². The molecule has 0 unspecified atom stereocenters. The molecule has 6 heteroatoms. The van der Waals surface area contributed by atoms with Crippen LogP contribution in [-0.2, 0) is 6.42 Å². The molecule has 0 radical (unpaired) electrons. The van der Waals surface area contributed by atoms with Crippen LogP contribution in [0.2, 0.25) is 0 Å². The molecule has 0 aliphatic carbocycles. The van der Waals surface area contributed by atoms with E-state index in [1.165, 1.54) is 18.1 Å². The largest absolute Gasteiger partial charge is 0.383 e. The van der Waals surface area contributed by atoms with Crippen molar-refractivity contribution < 1.29 is 0 Å². The van der Waals surface area contributed by atoms with Gasteiger partial charge in [0.05, 0.1) is 0 Å². The molecule has 2 aromatic heterocycles. The van der Waals surface area contributed by atoms with E-state index in [1.54, 1.807) is 6.20 Å². The molecule has 2 heterocycles. The van der Waals surface area contributed by atoms with Gasteiger partial charge in [-0.2, -0.15) is 0 Å². The third kappa shape index (κ3) is 2.95. The number of aryl methyl sites for hydroxylation is 1. The SMILES string of the molecule is CCCc1nc(N)c(C)c(Sc2ccncn2)n1. The van der Waals surface area contributed by atoms with Crippen LogP contribution in [0.5, 0.6) is 0 Å². The van der Waals surface area contributed by atoms with Crippen LogP contribution in [0.15, 0.2) is 28.6 Å². The number of anilines is 1. The van der Waals surface area contributed by atoms with Crippen molar-refractivity contribution in [1.82, 2.24) is 19.9 Å². The Labute approximate surface area is 110 Å². The van der Waals surface area contributed by atoms with Crippen molar-refractivity contribution in [2.75, 3.05) is 5.73 Å². The molecule has 2 N–H and O–H groups in total. The maximum atomic E-state index is 5.91. The summed E-state index contributed by atoms with van der Waals surface area (Å²) in [7, 11) is 0. The smallest absolute Gasteiger partial charge is 0.132 e. The summed E-state index contributed by atoms with van der Waals surface area (Å²) in [6.07, 6.45) is 5.07. The molecule has 0 aromatic carbocycles. The normalized spacial score (nSPS) is 10.6. The summed E-state index contributed by atoms with van der Waals surface area (Å²) in [6, 6.07) is 1.85. The van der Waals surface area contributed by atoms with E-state index >= 15 is 0 Å². The summed E-state index contributed by atoms with van der Waals surface area (Å²) in [4.78, 5) is 16.9. The lowest BCUT2D eigenvalue weighted by Crippen LogP contribution is -2.04. The fourth-order valence-corrected chi connectivity index (χ4v) is 2.27. The van der Waals surface area contributed by atoms with Crippen molar-refractivity contribution in [2.45, 2.75) is 36.7 Å². The van der Waals surface area contributed by atoms with Gasteiger partial charge in [-0.25, -0.2) is 19.9 Å². The highest BCUT2D eigenvalue weighted by Crippen LogP contribution is 2.28. The van der Waals surface area contributed by atoms with Crippen molar-refractivity contribution in [3.8, 4) is 0 Å². The number of nitrogens with two attached hydrogens (primary N) is 1. The van der Waals surface area contributed by atoms with Crippen molar-refractivity contribution in [3.63, 3.8) is 0 Å². The van der Waals surface area contributed by atoms with E-state index in [0.717, 1.165) is 34.3 Å². The highest BCUT2D eigenvalue weighted by molar-refractivity contribution is 7.99. The van der Waals surface area contributed by atoms with Gasteiger partial charge >= 0.3 is 0 Å². The van der Waals surface area contributed by atoms with Crippen LogP contribution in [0, 0.1) is 6.92 Å². The van der Waals surface area contributed by atoms with E-state index in [0.29, 0.717) is 5.82 Å². The maximum Gasteiger partial charge on any atom is 0.132 e. The van der Waals surface area contributed by atoms with Gasteiger partial charge in [-0.15, -0.1) is 0 Å².